The maximum absolute atomic E-state index is 12.2. The Morgan fingerprint density at radius 1 is 1.27 bits per heavy atom. The Bertz CT molecular complexity index is 771. The fraction of sp³-hybridized carbons (Fsp3) is 0.389. The minimum Gasteiger partial charge on any atom is -0.469 e. The number of carbonyl (C=O) groups is 3. The molecule has 1 atom stereocenters. The lowest BCUT2D eigenvalue weighted by Gasteiger charge is -2.10. The van der Waals surface area contributed by atoms with Crippen LogP contribution in [-0.2, 0) is 23.9 Å². The summed E-state index contributed by atoms with van der Waals surface area (Å²) in [4.78, 5) is 36.9. The number of rotatable bonds is 6. The highest BCUT2D eigenvalue weighted by Crippen LogP contribution is 2.39. The first-order chi connectivity index (χ1) is 12.5. The molecule has 0 bridgehead atoms. The van der Waals surface area contributed by atoms with Crippen LogP contribution in [0.2, 0.25) is 0 Å². The molecular weight excluding hydrogens is 342 g/mol. The molecule has 2 aliphatic rings. The summed E-state index contributed by atoms with van der Waals surface area (Å²) >= 11 is 0. The van der Waals surface area contributed by atoms with Crippen LogP contribution >= 0.6 is 0 Å². The third-order valence-electron chi connectivity index (χ3n) is 4.08. The van der Waals surface area contributed by atoms with Gasteiger partial charge in [-0.05, 0) is 30.2 Å². The van der Waals surface area contributed by atoms with E-state index < -0.39 is 11.9 Å². The number of hydrogen-bond donors (Lipinski definition) is 0. The lowest BCUT2D eigenvalue weighted by Crippen LogP contribution is -2.19. The van der Waals surface area contributed by atoms with Crippen LogP contribution < -0.4 is 9.47 Å². The quantitative estimate of drug-likeness (QED) is 0.325. The third-order valence-corrected chi connectivity index (χ3v) is 4.08. The van der Waals surface area contributed by atoms with Crippen LogP contribution in [0.15, 0.2) is 24.3 Å². The Morgan fingerprint density at radius 2 is 2.04 bits per heavy atom. The molecule has 3 rings (SSSR count). The van der Waals surface area contributed by atoms with Gasteiger partial charge in [-0.1, -0.05) is 6.07 Å². The van der Waals surface area contributed by atoms with E-state index in [9.17, 15) is 14.4 Å². The van der Waals surface area contributed by atoms with E-state index in [1.807, 2.05) is 0 Å². The second kappa shape index (κ2) is 7.47. The average molecular weight is 361 g/mol. The maximum Gasteiger partial charge on any atom is 0.331 e. The molecule has 1 saturated heterocycles. The fourth-order valence-electron chi connectivity index (χ4n) is 2.74. The van der Waals surface area contributed by atoms with E-state index in [4.69, 9.17) is 14.2 Å². The summed E-state index contributed by atoms with van der Waals surface area (Å²) in [5, 5.41) is 0. The summed E-state index contributed by atoms with van der Waals surface area (Å²) in [5.41, 5.74) is 1.35. The van der Waals surface area contributed by atoms with E-state index in [0.717, 1.165) is 5.56 Å². The molecule has 2 heterocycles. The van der Waals surface area contributed by atoms with Gasteiger partial charge in [0.25, 0.3) is 0 Å². The van der Waals surface area contributed by atoms with Crippen LogP contribution in [0.25, 0.3) is 5.57 Å². The molecule has 0 unspecified atom stereocenters. The number of fused-ring (bicyclic) bond motifs is 1. The second-order valence-electron chi connectivity index (χ2n) is 5.73. The predicted molar refractivity (Wildman–Crippen MR) is 89.3 cm³/mol. The highest BCUT2D eigenvalue weighted by molar-refractivity contribution is 5.99. The first kappa shape index (κ1) is 17.8. The summed E-state index contributed by atoms with van der Waals surface area (Å²) in [5.74, 6) is -0.242. The molecule has 2 aliphatic heterocycles. The first-order valence-corrected chi connectivity index (χ1v) is 8.18. The molecule has 8 heteroatoms. The van der Waals surface area contributed by atoms with Crippen molar-refractivity contribution in [3.63, 3.8) is 0 Å². The molecular formula is C18H19NO7. The van der Waals surface area contributed by atoms with Crippen molar-refractivity contribution in [1.29, 1.82) is 0 Å². The molecule has 138 valence electrons. The summed E-state index contributed by atoms with van der Waals surface area (Å²) < 4.78 is 20.2. The van der Waals surface area contributed by atoms with E-state index >= 15 is 0 Å². The Labute approximate surface area is 150 Å². The molecule has 8 nitrogen and oxygen atoms in total. The maximum atomic E-state index is 12.2. The van der Waals surface area contributed by atoms with Crippen LogP contribution in [0.3, 0.4) is 0 Å². The molecule has 0 spiro atoms. The van der Waals surface area contributed by atoms with Gasteiger partial charge >= 0.3 is 11.9 Å². The van der Waals surface area contributed by atoms with Gasteiger partial charge in [0, 0.05) is 12.6 Å². The van der Waals surface area contributed by atoms with Crippen LogP contribution in [0, 0.1) is 0 Å². The van der Waals surface area contributed by atoms with Crippen molar-refractivity contribution in [2.24, 2.45) is 0 Å². The Kier molecular flexibility index (Phi) is 5.11. The lowest BCUT2D eigenvalue weighted by molar-refractivity contribution is -0.145. The molecule has 1 amide bonds. The fourth-order valence-corrected chi connectivity index (χ4v) is 2.74. The topological polar surface area (TPSA) is 91.1 Å². The number of esters is 2. The SMILES string of the molecule is CCOC(=O)/C=C(\c1ccc2c(c1)OCO2)[C@@H]1CN1C(=O)CC(=O)OC. The number of amides is 1. The summed E-state index contributed by atoms with van der Waals surface area (Å²) in [6.07, 6.45) is 1.04. The van der Waals surface area contributed by atoms with Crippen LogP contribution in [0.1, 0.15) is 18.9 Å². The highest BCUT2D eigenvalue weighted by Gasteiger charge is 2.42. The minimum absolute atomic E-state index is 0.142. The number of hydrogen-bond acceptors (Lipinski definition) is 7. The molecule has 0 aliphatic carbocycles. The molecule has 1 aromatic carbocycles. The normalized spacial score (nSPS) is 17.7. The number of carbonyl (C=O) groups excluding carboxylic acids is 3. The van der Waals surface area contributed by atoms with Gasteiger partial charge in [0.15, 0.2) is 11.5 Å². The predicted octanol–water partition coefficient (Wildman–Crippen LogP) is 1.14. The Morgan fingerprint density at radius 3 is 2.77 bits per heavy atom. The van der Waals surface area contributed by atoms with Crippen molar-refractivity contribution in [2.75, 3.05) is 27.1 Å². The summed E-state index contributed by atoms with van der Waals surface area (Å²) in [6.45, 7) is 2.52. The highest BCUT2D eigenvalue weighted by atomic mass is 16.7. The summed E-state index contributed by atoms with van der Waals surface area (Å²) in [6, 6.07) is 4.99. The standard InChI is InChI=1S/C18H19NO7/c1-3-24-18(22)7-12(11-4-5-14-15(6-11)26-10-25-14)13-9-19(13)16(20)8-17(21)23-2/h4-7,13H,3,8-10H2,1-2H3/b12-7+/t13-,19?/m0/s1. The van der Waals surface area contributed by atoms with Crippen molar-refractivity contribution in [3.8, 4) is 11.5 Å². The zero-order valence-corrected chi connectivity index (χ0v) is 14.5. The van der Waals surface area contributed by atoms with E-state index in [2.05, 4.69) is 4.74 Å². The molecule has 0 saturated carbocycles. The second-order valence-corrected chi connectivity index (χ2v) is 5.73. The van der Waals surface area contributed by atoms with Crippen molar-refractivity contribution >= 4 is 23.4 Å². The molecule has 26 heavy (non-hydrogen) atoms. The van der Waals surface area contributed by atoms with Crippen molar-refractivity contribution in [1.82, 2.24) is 4.90 Å². The first-order valence-electron chi connectivity index (χ1n) is 8.18. The molecule has 0 radical (unpaired) electrons. The van der Waals surface area contributed by atoms with E-state index in [1.54, 1.807) is 25.1 Å². The van der Waals surface area contributed by atoms with Crippen LogP contribution in [-0.4, -0.2) is 55.8 Å². The average Bonchev–Trinajstić information content (AvgIpc) is 3.28. The number of ether oxygens (including phenoxy) is 4. The van der Waals surface area contributed by atoms with E-state index in [1.165, 1.54) is 18.1 Å². The van der Waals surface area contributed by atoms with Gasteiger partial charge in [-0.25, -0.2) is 4.79 Å². The molecule has 0 N–H and O–H groups in total. The largest absolute Gasteiger partial charge is 0.469 e. The van der Waals surface area contributed by atoms with Gasteiger partial charge in [0.2, 0.25) is 12.7 Å². The number of benzene rings is 1. The number of methoxy groups -OCH3 is 1. The Balaban J connectivity index is 1.83. The van der Waals surface area contributed by atoms with Gasteiger partial charge in [0.05, 0.1) is 19.8 Å². The van der Waals surface area contributed by atoms with Crippen molar-refractivity contribution < 1.29 is 33.3 Å². The molecule has 0 aromatic heterocycles. The van der Waals surface area contributed by atoms with Gasteiger partial charge < -0.3 is 23.8 Å². The van der Waals surface area contributed by atoms with Gasteiger partial charge in [-0.2, -0.15) is 0 Å². The smallest absolute Gasteiger partial charge is 0.331 e. The molecule has 1 fully saturated rings. The zero-order valence-electron chi connectivity index (χ0n) is 14.5. The lowest BCUT2D eigenvalue weighted by atomic mass is 10.0. The van der Waals surface area contributed by atoms with Gasteiger partial charge in [-0.3, -0.25) is 9.59 Å². The van der Waals surface area contributed by atoms with Crippen LogP contribution in [0.4, 0.5) is 0 Å². The third kappa shape index (κ3) is 3.79. The Hall–Kier alpha value is -3.03. The number of nitrogens with zero attached hydrogens (tertiary/aromatic N) is 1. The summed E-state index contributed by atoms with van der Waals surface area (Å²) in [7, 11) is 1.23. The van der Waals surface area contributed by atoms with Gasteiger partial charge in [0.1, 0.15) is 6.42 Å². The van der Waals surface area contributed by atoms with Gasteiger partial charge in [-0.15, -0.1) is 0 Å². The monoisotopic (exact) mass is 361 g/mol. The van der Waals surface area contributed by atoms with Crippen LogP contribution in [0.5, 0.6) is 11.5 Å². The minimum atomic E-state index is -0.598. The van der Waals surface area contributed by atoms with Crippen molar-refractivity contribution in [2.45, 2.75) is 19.4 Å². The molecule has 1 aromatic rings. The van der Waals surface area contributed by atoms with Crippen molar-refractivity contribution in [3.05, 3.63) is 29.8 Å². The zero-order chi connectivity index (χ0) is 18.7. The van der Waals surface area contributed by atoms with E-state index in [-0.39, 0.29) is 31.8 Å². The van der Waals surface area contributed by atoms with E-state index in [0.29, 0.717) is 23.6 Å².